The molecule has 2 heterocycles. The fourth-order valence-electron chi connectivity index (χ4n) is 4.96. The number of nitrogens with zero attached hydrogens (tertiary/aromatic N) is 2. The van der Waals surface area contributed by atoms with Crippen LogP contribution in [-0.4, -0.2) is 69.8 Å². The number of piperazine rings is 1. The first-order valence-electron chi connectivity index (χ1n) is 11.7. The van der Waals surface area contributed by atoms with Gasteiger partial charge in [0.1, 0.15) is 0 Å². The van der Waals surface area contributed by atoms with Crippen molar-refractivity contribution in [2.45, 2.75) is 38.3 Å². The highest BCUT2D eigenvalue weighted by molar-refractivity contribution is 5.99. The summed E-state index contributed by atoms with van der Waals surface area (Å²) in [4.78, 5) is 38.7. The lowest BCUT2D eigenvalue weighted by molar-refractivity contribution is -0.137. The van der Waals surface area contributed by atoms with Crippen molar-refractivity contribution in [2.24, 2.45) is 0 Å². The predicted octanol–water partition coefficient (Wildman–Crippen LogP) is 3.94. The lowest BCUT2D eigenvalue weighted by atomic mass is 9.82. The van der Waals surface area contributed by atoms with E-state index in [-0.39, 0.29) is 37.6 Å². The molecule has 4 rings (SSSR count). The van der Waals surface area contributed by atoms with Gasteiger partial charge in [-0.15, -0.1) is 0 Å². The van der Waals surface area contributed by atoms with E-state index < -0.39 is 47.3 Å². The second-order valence-corrected chi connectivity index (χ2v) is 9.01. The third kappa shape index (κ3) is 5.25. The van der Waals surface area contributed by atoms with Crippen LogP contribution in [0.1, 0.15) is 30.9 Å². The Morgan fingerprint density at radius 3 is 2.30 bits per heavy atom. The minimum atomic E-state index is -1.38. The quantitative estimate of drug-likeness (QED) is 0.425. The fraction of sp³-hybridized carbons (Fsp3) is 0.346. The van der Waals surface area contributed by atoms with Gasteiger partial charge in [0.25, 0.3) is 0 Å². The van der Waals surface area contributed by atoms with E-state index >= 15 is 0 Å². The van der Waals surface area contributed by atoms with Crippen LogP contribution in [0.2, 0.25) is 0 Å². The molecule has 0 aromatic heterocycles. The Morgan fingerprint density at radius 1 is 1.00 bits per heavy atom. The first-order valence-corrected chi connectivity index (χ1v) is 11.7. The molecule has 0 radical (unpaired) electrons. The van der Waals surface area contributed by atoms with Gasteiger partial charge in [-0.25, -0.2) is 18.4 Å². The highest BCUT2D eigenvalue weighted by Crippen LogP contribution is 2.38. The average molecular weight is 518 g/mol. The Hall–Kier alpha value is -4.02. The van der Waals surface area contributed by atoms with Crippen molar-refractivity contribution in [3.8, 4) is 5.75 Å². The minimum Gasteiger partial charge on any atom is -0.488 e. The molecule has 0 spiro atoms. The van der Waals surface area contributed by atoms with Gasteiger partial charge in [-0.1, -0.05) is 24.3 Å². The molecule has 0 unspecified atom stereocenters. The molecular weight excluding hydrogens is 493 g/mol. The summed E-state index contributed by atoms with van der Waals surface area (Å²) in [5.74, 6) is -5.81. The van der Waals surface area contributed by atoms with Crippen LogP contribution < -0.4 is 4.74 Å². The fourth-order valence-corrected chi connectivity index (χ4v) is 4.96. The highest BCUT2D eigenvalue weighted by atomic mass is 19.2. The van der Waals surface area contributed by atoms with Crippen LogP contribution >= 0.6 is 0 Å². The SMILES string of the molecule is CC(=O)N1C[C@H]2CC(c3ccc(CCCOc4c(F)ccc(F)c4F)cc3)=C(C(=O)O)[C@@H](C1)N2C(=O)O. The summed E-state index contributed by atoms with van der Waals surface area (Å²) in [7, 11) is 0. The number of halogens is 3. The van der Waals surface area contributed by atoms with Crippen LogP contribution in [-0.2, 0) is 16.0 Å². The number of hydrogen-bond donors (Lipinski definition) is 2. The van der Waals surface area contributed by atoms with Crippen LogP contribution in [0.15, 0.2) is 42.0 Å². The number of carbonyl (C=O) groups is 3. The number of aryl methyl sites for hydroxylation is 1. The van der Waals surface area contributed by atoms with Crippen molar-refractivity contribution in [3.63, 3.8) is 0 Å². The van der Waals surface area contributed by atoms with Gasteiger partial charge in [0.15, 0.2) is 17.4 Å². The average Bonchev–Trinajstić information content (AvgIpc) is 2.84. The molecule has 2 amide bonds. The van der Waals surface area contributed by atoms with Crippen molar-refractivity contribution < 1.29 is 42.5 Å². The maximum atomic E-state index is 13.7. The van der Waals surface area contributed by atoms with Crippen LogP contribution in [0.5, 0.6) is 5.75 Å². The van der Waals surface area contributed by atoms with E-state index in [0.717, 1.165) is 16.5 Å². The van der Waals surface area contributed by atoms with Crippen molar-refractivity contribution in [1.29, 1.82) is 0 Å². The Bertz CT molecular complexity index is 1260. The van der Waals surface area contributed by atoms with E-state index in [2.05, 4.69) is 0 Å². The number of aliphatic carboxylic acids is 1. The van der Waals surface area contributed by atoms with Gasteiger partial charge < -0.3 is 19.8 Å². The number of benzene rings is 2. The third-order valence-electron chi connectivity index (χ3n) is 6.71. The Labute approximate surface area is 210 Å². The Morgan fingerprint density at radius 2 is 1.68 bits per heavy atom. The molecule has 2 aliphatic rings. The summed E-state index contributed by atoms with van der Waals surface area (Å²) in [6.07, 6.45) is -0.218. The molecule has 2 aliphatic heterocycles. The lowest BCUT2D eigenvalue weighted by Gasteiger charge is -2.49. The number of rotatable bonds is 7. The van der Waals surface area contributed by atoms with Crippen LogP contribution in [0.25, 0.3) is 5.57 Å². The maximum absolute atomic E-state index is 13.7. The van der Waals surface area contributed by atoms with E-state index in [1.165, 1.54) is 11.8 Å². The van der Waals surface area contributed by atoms with Crippen LogP contribution in [0, 0.1) is 17.5 Å². The van der Waals surface area contributed by atoms with Crippen LogP contribution in [0.3, 0.4) is 0 Å². The molecule has 2 N–H and O–H groups in total. The van der Waals surface area contributed by atoms with Crippen molar-refractivity contribution >= 4 is 23.5 Å². The van der Waals surface area contributed by atoms with Gasteiger partial charge in [0, 0.05) is 20.0 Å². The zero-order chi connectivity index (χ0) is 26.9. The van der Waals surface area contributed by atoms with E-state index in [4.69, 9.17) is 4.74 Å². The second-order valence-electron chi connectivity index (χ2n) is 9.01. The Kier molecular flexibility index (Phi) is 7.42. The zero-order valence-corrected chi connectivity index (χ0v) is 19.9. The molecule has 0 saturated carbocycles. The van der Waals surface area contributed by atoms with E-state index in [9.17, 15) is 37.8 Å². The number of carbonyl (C=O) groups excluding carboxylic acids is 1. The maximum Gasteiger partial charge on any atom is 0.408 e. The molecule has 1 fully saturated rings. The zero-order valence-electron chi connectivity index (χ0n) is 19.9. The summed E-state index contributed by atoms with van der Waals surface area (Å²) in [5.41, 5.74) is 1.97. The van der Waals surface area contributed by atoms with Crippen LogP contribution in [0.4, 0.5) is 18.0 Å². The molecule has 2 atom stereocenters. The van der Waals surface area contributed by atoms with Gasteiger partial charge in [0.2, 0.25) is 11.7 Å². The normalized spacial score (nSPS) is 19.1. The van der Waals surface area contributed by atoms with Gasteiger partial charge in [0.05, 0.1) is 24.3 Å². The molecule has 2 aromatic carbocycles. The first kappa shape index (κ1) is 26.1. The molecule has 0 aliphatic carbocycles. The number of fused-ring (bicyclic) bond motifs is 2. The van der Waals surface area contributed by atoms with E-state index in [1.807, 2.05) is 0 Å². The first-order chi connectivity index (χ1) is 17.6. The lowest BCUT2D eigenvalue weighted by Crippen LogP contribution is -2.64. The predicted molar refractivity (Wildman–Crippen MR) is 125 cm³/mol. The topological polar surface area (TPSA) is 107 Å². The third-order valence-corrected chi connectivity index (χ3v) is 6.71. The summed E-state index contributed by atoms with van der Waals surface area (Å²) < 4.78 is 45.7. The largest absolute Gasteiger partial charge is 0.488 e. The van der Waals surface area contributed by atoms with Crippen molar-refractivity contribution in [1.82, 2.24) is 9.80 Å². The van der Waals surface area contributed by atoms with Crippen molar-refractivity contribution in [3.05, 3.63) is 70.5 Å². The smallest absolute Gasteiger partial charge is 0.408 e. The molecule has 1 saturated heterocycles. The number of carboxylic acid groups (broad SMARTS) is 2. The van der Waals surface area contributed by atoms with Gasteiger partial charge in [-0.05, 0) is 48.1 Å². The molecule has 2 bridgehead atoms. The number of amides is 2. The van der Waals surface area contributed by atoms with Gasteiger partial charge in [-0.2, -0.15) is 4.39 Å². The Balaban J connectivity index is 1.49. The number of hydrogen-bond acceptors (Lipinski definition) is 4. The standard InChI is InChI=1S/C26H25F3N2O6/c1-14(32)30-12-17-11-18(22(25(33)34)21(13-30)31(17)26(35)36)16-6-4-15(5-7-16)3-2-10-37-24-20(28)9-8-19(27)23(24)29/h4-9,17,21H,2-3,10-13H2,1H3,(H,33,34)(H,35,36)/t17-,21-/m1/s1. The summed E-state index contributed by atoms with van der Waals surface area (Å²) in [6.45, 7) is 1.47. The summed E-state index contributed by atoms with van der Waals surface area (Å²) in [6, 6.07) is 6.98. The van der Waals surface area contributed by atoms with Crippen molar-refractivity contribution in [2.75, 3.05) is 19.7 Å². The number of ether oxygens (including phenoxy) is 1. The minimum absolute atomic E-state index is 0.0339. The summed E-state index contributed by atoms with van der Waals surface area (Å²) >= 11 is 0. The highest BCUT2D eigenvalue weighted by Gasteiger charge is 2.47. The van der Waals surface area contributed by atoms with E-state index in [1.54, 1.807) is 24.3 Å². The molecular formula is C26H25F3N2O6. The summed E-state index contributed by atoms with van der Waals surface area (Å²) in [5, 5.41) is 19.7. The second kappa shape index (κ2) is 10.5. The molecule has 8 nitrogen and oxygen atoms in total. The van der Waals surface area contributed by atoms with Gasteiger partial charge >= 0.3 is 12.1 Å². The number of carboxylic acids is 1. The molecule has 11 heteroatoms. The van der Waals surface area contributed by atoms with E-state index in [0.29, 0.717) is 30.0 Å². The molecule has 2 aromatic rings. The molecule has 196 valence electrons. The van der Waals surface area contributed by atoms with Gasteiger partial charge in [-0.3, -0.25) is 9.69 Å². The molecule has 37 heavy (non-hydrogen) atoms. The monoisotopic (exact) mass is 518 g/mol.